The number of hydrogen-bond acceptors (Lipinski definition) is 2. The van der Waals surface area contributed by atoms with Crippen molar-refractivity contribution in [1.82, 2.24) is 5.32 Å². The lowest BCUT2D eigenvalue weighted by atomic mass is 10.1. The molecule has 0 aromatic rings. The molecule has 80 valence electrons. The minimum atomic E-state index is -0.162. The van der Waals surface area contributed by atoms with E-state index < -0.39 is 0 Å². The topological polar surface area (TPSA) is 32.3 Å². The van der Waals surface area contributed by atoms with E-state index in [1.807, 2.05) is 6.92 Å². The molecule has 0 aromatic carbocycles. The van der Waals surface area contributed by atoms with Crippen LogP contribution in [0.5, 0.6) is 0 Å². The predicted molar refractivity (Wildman–Crippen MR) is 57.9 cm³/mol. The molecule has 0 aromatic heterocycles. The van der Waals surface area contributed by atoms with E-state index in [1.165, 1.54) is 19.3 Å². The summed E-state index contributed by atoms with van der Waals surface area (Å²) in [6, 6.07) is 0. The third kappa shape index (κ3) is 9.84. The Bertz CT molecular complexity index is 104. The highest BCUT2D eigenvalue weighted by Crippen LogP contribution is 2.04. The first-order valence-electron chi connectivity index (χ1n) is 5.55. The van der Waals surface area contributed by atoms with Crippen molar-refractivity contribution in [2.24, 2.45) is 5.92 Å². The molecule has 0 bridgehead atoms. The lowest BCUT2D eigenvalue weighted by molar-refractivity contribution is 0.167. The van der Waals surface area contributed by atoms with Gasteiger partial charge < -0.3 is 10.4 Å². The monoisotopic (exact) mass is 187 g/mol. The highest BCUT2D eigenvalue weighted by molar-refractivity contribution is 4.57. The van der Waals surface area contributed by atoms with Gasteiger partial charge in [0, 0.05) is 6.54 Å². The van der Waals surface area contributed by atoms with Crippen LogP contribution in [0.15, 0.2) is 0 Å². The zero-order valence-corrected chi connectivity index (χ0v) is 9.34. The molecule has 0 aliphatic rings. The van der Waals surface area contributed by atoms with Crippen molar-refractivity contribution in [3.8, 4) is 0 Å². The van der Waals surface area contributed by atoms with Crippen molar-refractivity contribution in [2.45, 2.75) is 52.6 Å². The minimum absolute atomic E-state index is 0.162. The molecule has 0 rings (SSSR count). The Morgan fingerprint density at radius 3 is 2.46 bits per heavy atom. The summed E-state index contributed by atoms with van der Waals surface area (Å²) >= 11 is 0. The molecule has 0 radical (unpaired) electrons. The normalized spacial score (nSPS) is 13.6. The summed E-state index contributed by atoms with van der Waals surface area (Å²) in [5.41, 5.74) is 0. The first-order valence-corrected chi connectivity index (χ1v) is 5.55. The van der Waals surface area contributed by atoms with E-state index in [1.54, 1.807) is 0 Å². The Kier molecular flexibility index (Phi) is 8.46. The third-order valence-electron chi connectivity index (χ3n) is 2.24. The van der Waals surface area contributed by atoms with Gasteiger partial charge in [-0.3, -0.25) is 0 Å². The molecule has 13 heavy (non-hydrogen) atoms. The second-order valence-electron chi connectivity index (χ2n) is 4.16. The molecule has 2 nitrogen and oxygen atoms in total. The molecule has 1 unspecified atom stereocenters. The molecule has 2 N–H and O–H groups in total. The van der Waals surface area contributed by atoms with Gasteiger partial charge >= 0.3 is 0 Å². The number of hydrogen-bond donors (Lipinski definition) is 2. The third-order valence-corrected chi connectivity index (χ3v) is 2.24. The predicted octanol–water partition coefficient (Wildman–Crippen LogP) is 2.17. The smallest absolute Gasteiger partial charge is 0.0662 e. The van der Waals surface area contributed by atoms with Crippen LogP contribution in [0.2, 0.25) is 0 Å². The van der Waals surface area contributed by atoms with Crippen molar-refractivity contribution in [3.05, 3.63) is 0 Å². The van der Waals surface area contributed by atoms with E-state index in [4.69, 9.17) is 0 Å². The summed E-state index contributed by atoms with van der Waals surface area (Å²) in [4.78, 5) is 0. The van der Waals surface area contributed by atoms with Gasteiger partial charge in [-0.25, -0.2) is 0 Å². The van der Waals surface area contributed by atoms with Crippen LogP contribution >= 0.6 is 0 Å². The largest absolute Gasteiger partial charge is 0.392 e. The average Bonchev–Trinajstić information content (AvgIpc) is 2.10. The van der Waals surface area contributed by atoms with Crippen LogP contribution in [-0.2, 0) is 0 Å². The Labute approximate surface area is 82.7 Å². The van der Waals surface area contributed by atoms with Crippen molar-refractivity contribution in [2.75, 3.05) is 13.1 Å². The van der Waals surface area contributed by atoms with Gasteiger partial charge in [0.15, 0.2) is 0 Å². The Balaban J connectivity index is 2.99. The van der Waals surface area contributed by atoms with Crippen molar-refractivity contribution >= 4 is 0 Å². The Morgan fingerprint density at radius 2 is 1.92 bits per heavy atom. The number of aliphatic hydroxyl groups is 1. The SMILES string of the molecule is CCC(O)CNCCCCC(C)C. The highest BCUT2D eigenvalue weighted by atomic mass is 16.3. The maximum atomic E-state index is 9.24. The van der Waals surface area contributed by atoms with Gasteiger partial charge in [-0.05, 0) is 25.3 Å². The lowest BCUT2D eigenvalue weighted by Gasteiger charge is -2.09. The Morgan fingerprint density at radius 1 is 1.23 bits per heavy atom. The van der Waals surface area contributed by atoms with E-state index in [2.05, 4.69) is 19.2 Å². The molecule has 0 aliphatic carbocycles. The van der Waals surface area contributed by atoms with Crippen LogP contribution < -0.4 is 5.32 Å². The number of aliphatic hydroxyl groups excluding tert-OH is 1. The van der Waals surface area contributed by atoms with Crippen molar-refractivity contribution in [3.63, 3.8) is 0 Å². The van der Waals surface area contributed by atoms with Crippen LogP contribution in [0.25, 0.3) is 0 Å². The number of nitrogens with one attached hydrogen (secondary N) is 1. The molecule has 0 saturated heterocycles. The van der Waals surface area contributed by atoms with Gasteiger partial charge in [-0.15, -0.1) is 0 Å². The van der Waals surface area contributed by atoms with Gasteiger partial charge in [-0.1, -0.05) is 33.6 Å². The maximum Gasteiger partial charge on any atom is 0.0662 e. The summed E-state index contributed by atoms with van der Waals surface area (Å²) in [6.07, 6.45) is 4.53. The molecule has 0 fully saturated rings. The molecule has 0 amide bonds. The van der Waals surface area contributed by atoms with Gasteiger partial charge in [0.2, 0.25) is 0 Å². The summed E-state index contributed by atoms with van der Waals surface area (Å²) in [6.45, 7) is 8.32. The fourth-order valence-electron chi connectivity index (χ4n) is 1.22. The van der Waals surface area contributed by atoms with E-state index in [0.717, 1.165) is 25.4 Å². The summed E-state index contributed by atoms with van der Waals surface area (Å²) in [5, 5.41) is 12.5. The van der Waals surface area contributed by atoms with Crippen LogP contribution in [0.3, 0.4) is 0 Å². The van der Waals surface area contributed by atoms with Crippen LogP contribution in [0.1, 0.15) is 46.5 Å². The zero-order valence-electron chi connectivity index (χ0n) is 9.34. The molecule has 0 heterocycles. The van der Waals surface area contributed by atoms with E-state index >= 15 is 0 Å². The standard InChI is InChI=1S/C11H25NO/c1-4-11(13)9-12-8-6-5-7-10(2)3/h10-13H,4-9H2,1-3H3. The fraction of sp³-hybridized carbons (Fsp3) is 1.00. The Hall–Kier alpha value is -0.0800. The van der Waals surface area contributed by atoms with E-state index in [0.29, 0.717) is 0 Å². The summed E-state index contributed by atoms with van der Waals surface area (Å²) < 4.78 is 0. The van der Waals surface area contributed by atoms with Crippen LogP contribution in [0.4, 0.5) is 0 Å². The van der Waals surface area contributed by atoms with Crippen molar-refractivity contribution < 1.29 is 5.11 Å². The molecule has 1 atom stereocenters. The highest BCUT2D eigenvalue weighted by Gasteiger charge is 1.98. The van der Waals surface area contributed by atoms with E-state index in [-0.39, 0.29) is 6.10 Å². The molecule has 2 heteroatoms. The second-order valence-corrected chi connectivity index (χ2v) is 4.16. The first kappa shape index (κ1) is 12.9. The molecule has 0 aliphatic heterocycles. The van der Waals surface area contributed by atoms with E-state index in [9.17, 15) is 5.11 Å². The van der Waals surface area contributed by atoms with Crippen LogP contribution in [0, 0.1) is 5.92 Å². The summed E-state index contributed by atoms with van der Waals surface area (Å²) in [7, 11) is 0. The van der Waals surface area contributed by atoms with Gasteiger partial charge in [-0.2, -0.15) is 0 Å². The van der Waals surface area contributed by atoms with Crippen LogP contribution in [-0.4, -0.2) is 24.3 Å². The number of rotatable bonds is 8. The maximum absolute atomic E-state index is 9.24. The molecule has 0 spiro atoms. The molecule has 0 saturated carbocycles. The first-order chi connectivity index (χ1) is 6.16. The van der Waals surface area contributed by atoms with Gasteiger partial charge in [0.05, 0.1) is 6.10 Å². The average molecular weight is 187 g/mol. The van der Waals surface area contributed by atoms with Crippen molar-refractivity contribution in [1.29, 1.82) is 0 Å². The van der Waals surface area contributed by atoms with Gasteiger partial charge in [0.25, 0.3) is 0 Å². The van der Waals surface area contributed by atoms with Gasteiger partial charge in [0.1, 0.15) is 0 Å². The quantitative estimate of drug-likeness (QED) is 0.571. The summed E-state index contributed by atoms with van der Waals surface area (Å²) in [5.74, 6) is 0.821. The fourth-order valence-corrected chi connectivity index (χ4v) is 1.22. The molecular weight excluding hydrogens is 162 g/mol. The minimum Gasteiger partial charge on any atom is -0.392 e. The zero-order chi connectivity index (χ0) is 10.1. The second kappa shape index (κ2) is 8.52. The molecular formula is C11H25NO. The lowest BCUT2D eigenvalue weighted by Crippen LogP contribution is -2.26. The number of unbranched alkanes of at least 4 members (excludes halogenated alkanes) is 1.